The Bertz CT molecular complexity index is 519. The number of benzene rings is 1. The van der Waals surface area contributed by atoms with Crippen LogP contribution in [0.2, 0.25) is 0 Å². The third kappa shape index (κ3) is 2.84. The largest absolute Gasteiger partial charge is 0.487 e. The number of rotatable bonds is 3. The van der Waals surface area contributed by atoms with E-state index in [2.05, 4.69) is 0 Å². The number of amides is 1. The molecule has 0 bridgehead atoms. The van der Waals surface area contributed by atoms with E-state index in [0.29, 0.717) is 11.3 Å². The van der Waals surface area contributed by atoms with Crippen molar-refractivity contribution in [2.45, 2.75) is 24.7 Å². The number of nitrogens with one attached hydrogen (secondary N) is 1. The summed E-state index contributed by atoms with van der Waals surface area (Å²) in [6, 6.07) is 4.86. The van der Waals surface area contributed by atoms with E-state index in [4.69, 9.17) is 9.84 Å². The Morgan fingerprint density at radius 3 is 2.55 bits per heavy atom. The van der Waals surface area contributed by atoms with Gasteiger partial charge in [0.2, 0.25) is 0 Å². The molecule has 2 rings (SSSR count). The molecule has 1 aliphatic heterocycles. The van der Waals surface area contributed by atoms with E-state index in [1.165, 1.54) is 5.32 Å². The van der Waals surface area contributed by atoms with Crippen LogP contribution in [0.25, 0.3) is 0 Å². The van der Waals surface area contributed by atoms with Gasteiger partial charge in [-0.25, -0.2) is 4.79 Å². The first-order valence-corrected chi connectivity index (χ1v) is 5.64. The Balaban J connectivity index is 2.12. The number of carbonyl (C=O) groups is 2. The minimum absolute atomic E-state index is 0.116. The molecule has 0 unspecified atom stereocenters. The summed E-state index contributed by atoms with van der Waals surface area (Å²) in [5, 5.41) is 10.4. The van der Waals surface area contributed by atoms with Gasteiger partial charge in [0.15, 0.2) is 6.04 Å². The third-order valence-electron chi connectivity index (χ3n) is 2.85. The highest BCUT2D eigenvalue weighted by atomic mass is 19.4. The number of hydrogen-bond acceptors (Lipinski definition) is 3. The monoisotopic (exact) mass is 289 g/mol. The normalized spacial score (nSPS) is 18.9. The molecule has 20 heavy (non-hydrogen) atoms. The van der Waals surface area contributed by atoms with Crippen LogP contribution in [0, 0.1) is 0 Å². The number of halogens is 3. The lowest BCUT2D eigenvalue weighted by molar-refractivity contribution is -0.176. The Kier molecular flexibility index (Phi) is 3.56. The number of para-hydroxylation sites is 1. The fourth-order valence-corrected chi connectivity index (χ4v) is 1.93. The van der Waals surface area contributed by atoms with Crippen molar-refractivity contribution in [3.05, 3.63) is 29.8 Å². The maximum atomic E-state index is 12.2. The zero-order chi connectivity index (χ0) is 14.9. The molecule has 108 valence electrons. The SMILES string of the molecule is O=C(O)[C@@H](NC(=O)C(F)(F)F)[C@@H]1Cc2ccccc2O1. The van der Waals surface area contributed by atoms with Crippen LogP contribution in [-0.4, -0.2) is 35.3 Å². The number of ether oxygens (including phenoxy) is 1. The smallest absolute Gasteiger partial charge is 0.471 e. The molecule has 0 spiro atoms. The highest BCUT2D eigenvalue weighted by Crippen LogP contribution is 2.29. The topological polar surface area (TPSA) is 75.6 Å². The van der Waals surface area contributed by atoms with Crippen molar-refractivity contribution < 1.29 is 32.6 Å². The Morgan fingerprint density at radius 2 is 2.00 bits per heavy atom. The van der Waals surface area contributed by atoms with Crippen LogP contribution in [0.1, 0.15) is 5.56 Å². The van der Waals surface area contributed by atoms with E-state index in [-0.39, 0.29) is 6.42 Å². The van der Waals surface area contributed by atoms with E-state index in [1.54, 1.807) is 24.3 Å². The molecule has 1 heterocycles. The average Bonchev–Trinajstić information content (AvgIpc) is 2.77. The summed E-state index contributed by atoms with van der Waals surface area (Å²) in [6.45, 7) is 0. The van der Waals surface area contributed by atoms with Gasteiger partial charge in [0.05, 0.1) is 0 Å². The summed E-state index contributed by atoms with van der Waals surface area (Å²) in [5.74, 6) is -3.48. The second kappa shape index (κ2) is 5.03. The third-order valence-corrected chi connectivity index (χ3v) is 2.85. The summed E-state index contributed by atoms with van der Waals surface area (Å²) in [7, 11) is 0. The predicted molar refractivity (Wildman–Crippen MR) is 60.2 cm³/mol. The second-order valence-electron chi connectivity index (χ2n) is 4.26. The van der Waals surface area contributed by atoms with Gasteiger partial charge in [-0.3, -0.25) is 4.79 Å². The van der Waals surface area contributed by atoms with E-state index >= 15 is 0 Å². The molecule has 0 radical (unpaired) electrons. The molecule has 1 aliphatic rings. The van der Waals surface area contributed by atoms with Crippen LogP contribution in [0.4, 0.5) is 13.2 Å². The fraction of sp³-hybridized carbons (Fsp3) is 0.333. The number of alkyl halides is 3. The van der Waals surface area contributed by atoms with Crippen molar-refractivity contribution in [3.63, 3.8) is 0 Å². The lowest BCUT2D eigenvalue weighted by Crippen LogP contribution is -2.53. The molecule has 8 heteroatoms. The summed E-state index contributed by atoms with van der Waals surface area (Å²) in [5.41, 5.74) is 0.685. The van der Waals surface area contributed by atoms with Gasteiger partial charge < -0.3 is 15.2 Å². The molecule has 0 aliphatic carbocycles. The first kappa shape index (κ1) is 14.2. The molecule has 5 nitrogen and oxygen atoms in total. The van der Waals surface area contributed by atoms with E-state index in [1.807, 2.05) is 0 Å². The maximum absolute atomic E-state index is 12.2. The van der Waals surface area contributed by atoms with Crippen LogP contribution in [0.5, 0.6) is 5.75 Å². The van der Waals surface area contributed by atoms with Gasteiger partial charge >= 0.3 is 18.1 Å². The summed E-state index contributed by atoms with van der Waals surface area (Å²) >= 11 is 0. The Morgan fingerprint density at radius 1 is 1.35 bits per heavy atom. The van der Waals surface area contributed by atoms with Crippen molar-refractivity contribution in [2.24, 2.45) is 0 Å². The zero-order valence-electron chi connectivity index (χ0n) is 9.98. The van der Waals surface area contributed by atoms with E-state index in [0.717, 1.165) is 0 Å². The van der Waals surface area contributed by atoms with E-state index in [9.17, 15) is 22.8 Å². The molecule has 2 N–H and O–H groups in total. The van der Waals surface area contributed by atoms with Crippen LogP contribution < -0.4 is 10.1 Å². The van der Waals surface area contributed by atoms with Crippen LogP contribution in [0.3, 0.4) is 0 Å². The van der Waals surface area contributed by atoms with Gasteiger partial charge in [0.1, 0.15) is 11.9 Å². The molecule has 0 fully saturated rings. The molecule has 1 aromatic carbocycles. The molecule has 0 saturated heterocycles. The standard InChI is InChI=1S/C12H10F3NO4/c13-12(14,15)11(19)16-9(10(17)18)8-5-6-3-1-2-4-7(6)20-8/h1-4,8-9H,5H2,(H,16,19)(H,17,18)/t8-,9-/m0/s1. The predicted octanol–water partition coefficient (Wildman–Crippen LogP) is 1.12. The average molecular weight is 289 g/mol. The first-order valence-electron chi connectivity index (χ1n) is 5.64. The lowest BCUT2D eigenvalue weighted by atomic mass is 10.0. The summed E-state index contributed by atoms with van der Waals surface area (Å²) < 4.78 is 41.8. The van der Waals surface area contributed by atoms with Crippen LogP contribution in [-0.2, 0) is 16.0 Å². The highest BCUT2D eigenvalue weighted by molar-refractivity contribution is 5.87. The lowest BCUT2D eigenvalue weighted by Gasteiger charge is -2.21. The van der Waals surface area contributed by atoms with Gasteiger partial charge in [-0.1, -0.05) is 18.2 Å². The number of aliphatic carboxylic acids is 1. The number of fused-ring (bicyclic) bond motifs is 1. The fourth-order valence-electron chi connectivity index (χ4n) is 1.93. The minimum Gasteiger partial charge on any atom is -0.487 e. The van der Waals surface area contributed by atoms with Crippen molar-refractivity contribution in [3.8, 4) is 5.75 Å². The molecule has 2 atom stereocenters. The van der Waals surface area contributed by atoms with Crippen LogP contribution >= 0.6 is 0 Å². The van der Waals surface area contributed by atoms with Gasteiger partial charge in [0.25, 0.3) is 0 Å². The van der Waals surface area contributed by atoms with Gasteiger partial charge in [0, 0.05) is 6.42 Å². The Hall–Kier alpha value is -2.25. The number of carboxylic acids is 1. The molecule has 1 aromatic rings. The molecular formula is C12H10F3NO4. The molecule has 0 aromatic heterocycles. The van der Waals surface area contributed by atoms with Crippen molar-refractivity contribution in [2.75, 3.05) is 0 Å². The molecule has 0 saturated carbocycles. The summed E-state index contributed by atoms with van der Waals surface area (Å²) in [6.07, 6.45) is -6.10. The van der Waals surface area contributed by atoms with Gasteiger partial charge in [-0.15, -0.1) is 0 Å². The van der Waals surface area contributed by atoms with Crippen LogP contribution in [0.15, 0.2) is 24.3 Å². The van der Waals surface area contributed by atoms with Gasteiger partial charge in [-0.2, -0.15) is 13.2 Å². The van der Waals surface area contributed by atoms with Gasteiger partial charge in [-0.05, 0) is 11.6 Å². The number of hydrogen-bond donors (Lipinski definition) is 2. The Labute approximate surface area is 111 Å². The highest BCUT2D eigenvalue weighted by Gasteiger charge is 2.44. The number of carboxylic acid groups (broad SMARTS) is 1. The number of carbonyl (C=O) groups excluding carboxylic acids is 1. The zero-order valence-corrected chi connectivity index (χ0v) is 9.98. The molecular weight excluding hydrogens is 279 g/mol. The summed E-state index contributed by atoms with van der Waals surface area (Å²) in [4.78, 5) is 21.9. The maximum Gasteiger partial charge on any atom is 0.471 e. The molecule has 1 amide bonds. The van der Waals surface area contributed by atoms with Crippen molar-refractivity contribution in [1.82, 2.24) is 5.32 Å². The van der Waals surface area contributed by atoms with Crippen molar-refractivity contribution in [1.29, 1.82) is 0 Å². The first-order chi connectivity index (χ1) is 9.29. The minimum atomic E-state index is -5.14. The van der Waals surface area contributed by atoms with Crippen molar-refractivity contribution >= 4 is 11.9 Å². The van der Waals surface area contributed by atoms with E-state index < -0.39 is 30.2 Å². The second-order valence-corrected chi connectivity index (χ2v) is 4.26. The quantitative estimate of drug-likeness (QED) is 0.874.